The predicted molar refractivity (Wildman–Crippen MR) is 54.3 cm³/mol. The number of allylic oxidation sites excluding steroid dienone is 2. The second-order valence-corrected chi connectivity index (χ2v) is 3.04. The topological polar surface area (TPSA) is 26.3 Å². The number of hydrogen-bond donors (Lipinski definition) is 0. The van der Waals surface area contributed by atoms with Crippen LogP contribution in [-0.2, 0) is 9.53 Å². The summed E-state index contributed by atoms with van der Waals surface area (Å²) >= 11 is 0. The lowest BCUT2D eigenvalue weighted by Gasteiger charge is -2.05. The normalized spacial score (nSPS) is 11.5. The number of carbonyl (C=O) groups is 1. The molecule has 0 aromatic rings. The summed E-state index contributed by atoms with van der Waals surface area (Å²) in [6, 6.07) is 0. The first kappa shape index (κ1) is 12.2. The number of esters is 1. The summed E-state index contributed by atoms with van der Waals surface area (Å²) in [6.07, 6.45) is 6.36. The van der Waals surface area contributed by atoms with Gasteiger partial charge in [-0.25, -0.2) is 0 Å². The quantitative estimate of drug-likeness (QED) is 0.359. The van der Waals surface area contributed by atoms with E-state index in [0.717, 1.165) is 31.4 Å². The van der Waals surface area contributed by atoms with Crippen molar-refractivity contribution in [2.75, 3.05) is 0 Å². The van der Waals surface area contributed by atoms with Crippen LogP contribution in [0.2, 0.25) is 0 Å². The largest absolute Gasteiger partial charge is 0.431 e. The Labute approximate surface area is 81.0 Å². The smallest absolute Gasteiger partial charge is 0.310 e. The molecule has 0 spiro atoms. The lowest BCUT2D eigenvalue weighted by Crippen LogP contribution is -2.03. The van der Waals surface area contributed by atoms with Crippen LogP contribution in [0.4, 0.5) is 0 Å². The van der Waals surface area contributed by atoms with Crippen molar-refractivity contribution in [2.24, 2.45) is 0 Å². The van der Waals surface area contributed by atoms with E-state index in [-0.39, 0.29) is 5.97 Å². The summed E-state index contributed by atoms with van der Waals surface area (Å²) in [4.78, 5) is 11.2. The standard InChI is InChI=1S/C11H20O2/c1-4-7-8-9-11(12)13-10(5-2)6-3/h5H,4,6-9H2,1-3H3/b10-5+. The minimum absolute atomic E-state index is 0.0941. The van der Waals surface area contributed by atoms with E-state index in [1.165, 1.54) is 0 Å². The van der Waals surface area contributed by atoms with Crippen LogP contribution in [0.5, 0.6) is 0 Å². The van der Waals surface area contributed by atoms with Crippen molar-refractivity contribution in [1.82, 2.24) is 0 Å². The van der Waals surface area contributed by atoms with Crippen LogP contribution in [0.1, 0.15) is 52.9 Å². The molecule has 13 heavy (non-hydrogen) atoms. The van der Waals surface area contributed by atoms with E-state index >= 15 is 0 Å². The molecule has 0 saturated heterocycles. The van der Waals surface area contributed by atoms with Gasteiger partial charge in [0.2, 0.25) is 0 Å². The first-order chi connectivity index (χ1) is 6.24. The molecule has 0 radical (unpaired) electrons. The van der Waals surface area contributed by atoms with Crippen LogP contribution in [0.15, 0.2) is 11.8 Å². The van der Waals surface area contributed by atoms with Crippen molar-refractivity contribution >= 4 is 5.97 Å². The highest BCUT2D eigenvalue weighted by Crippen LogP contribution is 2.07. The van der Waals surface area contributed by atoms with Gasteiger partial charge in [0.05, 0.1) is 0 Å². The first-order valence-corrected chi connectivity index (χ1v) is 5.10. The highest BCUT2D eigenvalue weighted by molar-refractivity contribution is 5.70. The van der Waals surface area contributed by atoms with Gasteiger partial charge in [0.25, 0.3) is 0 Å². The molecule has 0 aliphatic rings. The summed E-state index contributed by atoms with van der Waals surface area (Å²) < 4.78 is 5.12. The van der Waals surface area contributed by atoms with E-state index in [0.29, 0.717) is 6.42 Å². The van der Waals surface area contributed by atoms with Gasteiger partial charge in [0.15, 0.2) is 0 Å². The molecule has 0 heterocycles. The Kier molecular flexibility index (Phi) is 7.36. The SMILES string of the molecule is C/C=C(\CC)OC(=O)CCCCC. The van der Waals surface area contributed by atoms with Crippen LogP contribution in [-0.4, -0.2) is 5.97 Å². The molecule has 76 valence electrons. The Bertz CT molecular complexity index is 171. The fourth-order valence-corrected chi connectivity index (χ4v) is 1.05. The van der Waals surface area contributed by atoms with Crippen LogP contribution in [0.3, 0.4) is 0 Å². The maximum atomic E-state index is 11.2. The van der Waals surface area contributed by atoms with Crippen LogP contribution in [0, 0.1) is 0 Å². The van der Waals surface area contributed by atoms with Crippen LogP contribution >= 0.6 is 0 Å². The summed E-state index contributed by atoms with van der Waals surface area (Å²) in [5.41, 5.74) is 0. The van der Waals surface area contributed by atoms with E-state index in [4.69, 9.17) is 4.74 Å². The third-order valence-electron chi connectivity index (χ3n) is 1.90. The van der Waals surface area contributed by atoms with Crippen molar-refractivity contribution in [3.05, 3.63) is 11.8 Å². The molecule has 2 nitrogen and oxygen atoms in total. The molecule has 0 aliphatic carbocycles. The van der Waals surface area contributed by atoms with Crippen molar-refractivity contribution in [2.45, 2.75) is 52.9 Å². The van der Waals surface area contributed by atoms with Crippen molar-refractivity contribution in [3.8, 4) is 0 Å². The lowest BCUT2D eigenvalue weighted by molar-refractivity contribution is -0.139. The van der Waals surface area contributed by atoms with Gasteiger partial charge < -0.3 is 4.74 Å². The number of unbranched alkanes of at least 4 members (excludes halogenated alkanes) is 2. The van der Waals surface area contributed by atoms with Crippen molar-refractivity contribution in [1.29, 1.82) is 0 Å². The van der Waals surface area contributed by atoms with Gasteiger partial charge >= 0.3 is 5.97 Å². The molecule has 0 saturated carbocycles. The third kappa shape index (κ3) is 6.38. The molecule has 0 amide bonds. The molecular weight excluding hydrogens is 164 g/mol. The Morgan fingerprint density at radius 2 is 2.00 bits per heavy atom. The zero-order chi connectivity index (χ0) is 10.1. The van der Waals surface area contributed by atoms with Crippen LogP contribution < -0.4 is 0 Å². The highest BCUT2D eigenvalue weighted by atomic mass is 16.5. The minimum atomic E-state index is -0.0941. The summed E-state index contributed by atoms with van der Waals surface area (Å²) in [5, 5.41) is 0. The Morgan fingerprint density at radius 1 is 1.31 bits per heavy atom. The lowest BCUT2D eigenvalue weighted by atomic mass is 10.2. The fraction of sp³-hybridized carbons (Fsp3) is 0.727. The number of carbonyl (C=O) groups excluding carboxylic acids is 1. The van der Waals surface area contributed by atoms with E-state index in [2.05, 4.69) is 6.92 Å². The molecule has 0 unspecified atom stereocenters. The predicted octanol–water partition coefficient (Wildman–Crippen LogP) is 3.42. The van der Waals surface area contributed by atoms with Gasteiger partial charge in [0, 0.05) is 12.8 Å². The monoisotopic (exact) mass is 184 g/mol. The second kappa shape index (κ2) is 7.84. The van der Waals surface area contributed by atoms with Gasteiger partial charge in [0.1, 0.15) is 5.76 Å². The van der Waals surface area contributed by atoms with Crippen LogP contribution in [0.25, 0.3) is 0 Å². The van der Waals surface area contributed by atoms with E-state index in [1.54, 1.807) is 0 Å². The summed E-state index contributed by atoms with van der Waals surface area (Å²) in [6.45, 7) is 5.99. The Balaban J connectivity index is 3.61. The summed E-state index contributed by atoms with van der Waals surface area (Å²) in [5.74, 6) is 0.685. The zero-order valence-electron chi connectivity index (χ0n) is 8.93. The van der Waals surface area contributed by atoms with Gasteiger partial charge in [-0.1, -0.05) is 26.7 Å². The molecule has 0 bridgehead atoms. The maximum Gasteiger partial charge on any atom is 0.310 e. The third-order valence-corrected chi connectivity index (χ3v) is 1.90. The maximum absolute atomic E-state index is 11.2. The second-order valence-electron chi connectivity index (χ2n) is 3.04. The van der Waals surface area contributed by atoms with Gasteiger partial charge in [-0.15, -0.1) is 0 Å². The average Bonchev–Trinajstić information content (AvgIpc) is 2.14. The van der Waals surface area contributed by atoms with Crippen molar-refractivity contribution < 1.29 is 9.53 Å². The highest BCUT2D eigenvalue weighted by Gasteiger charge is 2.03. The molecule has 0 atom stereocenters. The van der Waals surface area contributed by atoms with Gasteiger partial charge in [-0.3, -0.25) is 4.79 Å². The molecule has 2 heteroatoms. The van der Waals surface area contributed by atoms with Crippen molar-refractivity contribution in [3.63, 3.8) is 0 Å². The summed E-state index contributed by atoms with van der Waals surface area (Å²) in [7, 11) is 0. The van der Waals surface area contributed by atoms with E-state index in [1.807, 2.05) is 19.9 Å². The molecule has 0 fully saturated rings. The zero-order valence-corrected chi connectivity index (χ0v) is 8.93. The van der Waals surface area contributed by atoms with Gasteiger partial charge in [-0.2, -0.15) is 0 Å². The van der Waals surface area contributed by atoms with E-state index in [9.17, 15) is 4.79 Å². The Hall–Kier alpha value is -0.790. The molecule has 0 aromatic carbocycles. The Morgan fingerprint density at radius 3 is 2.46 bits per heavy atom. The average molecular weight is 184 g/mol. The fourth-order valence-electron chi connectivity index (χ4n) is 1.05. The molecule has 0 rings (SSSR count). The van der Waals surface area contributed by atoms with E-state index < -0.39 is 0 Å². The molecular formula is C11H20O2. The molecule has 0 N–H and O–H groups in total. The number of ether oxygens (including phenoxy) is 1. The van der Waals surface area contributed by atoms with Gasteiger partial charge in [-0.05, 0) is 19.4 Å². The minimum Gasteiger partial charge on any atom is -0.431 e. The molecule has 0 aromatic heterocycles. The number of hydrogen-bond acceptors (Lipinski definition) is 2. The molecule has 0 aliphatic heterocycles. The number of rotatable bonds is 6. The first-order valence-electron chi connectivity index (χ1n) is 5.10.